The van der Waals surface area contributed by atoms with Crippen molar-refractivity contribution in [3.63, 3.8) is 0 Å². The molecule has 0 aliphatic rings. The minimum atomic E-state index is -0.226. The largest absolute Gasteiger partial charge is 0.493 e. The van der Waals surface area contributed by atoms with E-state index in [0.29, 0.717) is 36.0 Å². The van der Waals surface area contributed by atoms with Crippen LogP contribution < -0.4 is 19.5 Å². The van der Waals surface area contributed by atoms with Gasteiger partial charge in [0, 0.05) is 19.2 Å². The molecule has 0 bridgehead atoms. The number of benzene rings is 1. The molecule has 6 nitrogen and oxygen atoms in total. The quantitative estimate of drug-likeness (QED) is 0.751. The lowest BCUT2D eigenvalue weighted by atomic mass is 10.1. The molecular weight excluding hydrogens is 250 g/mol. The second-order valence-corrected chi connectivity index (χ2v) is 3.66. The smallest absolute Gasteiger partial charge is 0.251 e. The van der Waals surface area contributed by atoms with Crippen LogP contribution in [-0.4, -0.2) is 47.5 Å². The van der Waals surface area contributed by atoms with Gasteiger partial charge in [0.15, 0.2) is 11.5 Å². The lowest BCUT2D eigenvalue weighted by Gasteiger charge is -2.14. The Kier molecular flexibility index (Phi) is 5.95. The molecule has 1 rings (SSSR count). The minimum Gasteiger partial charge on any atom is -0.493 e. The van der Waals surface area contributed by atoms with E-state index in [-0.39, 0.29) is 5.91 Å². The molecule has 0 unspecified atom stereocenters. The normalized spacial score (nSPS) is 9.89. The Hall–Kier alpha value is -1.95. The molecule has 0 spiro atoms. The molecule has 1 amide bonds. The summed E-state index contributed by atoms with van der Waals surface area (Å²) in [5.74, 6) is 1.12. The summed E-state index contributed by atoms with van der Waals surface area (Å²) in [4.78, 5) is 11.9. The van der Waals surface area contributed by atoms with E-state index < -0.39 is 0 Å². The second-order valence-electron chi connectivity index (χ2n) is 3.66. The van der Waals surface area contributed by atoms with Crippen LogP contribution in [0.2, 0.25) is 0 Å². The van der Waals surface area contributed by atoms with E-state index in [1.807, 2.05) is 0 Å². The van der Waals surface area contributed by atoms with Gasteiger partial charge in [0.2, 0.25) is 5.75 Å². The van der Waals surface area contributed by atoms with Crippen molar-refractivity contribution in [2.75, 3.05) is 41.6 Å². The highest BCUT2D eigenvalue weighted by Crippen LogP contribution is 2.38. The summed E-state index contributed by atoms with van der Waals surface area (Å²) in [6.07, 6.45) is 0. The molecular formula is C13H19NO5. The first-order chi connectivity index (χ1) is 9.17. The molecule has 0 aliphatic heterocycles. The summed E-state index contributed by atoms with van der Waals surface area (Å²) >= 11 is 0. The van der Waals surface area contributed by atoms with Crippen LogP contribution in [-0.2, 0) is 4.74 Å². The van der Waals surface area contributed by atoms with Gasteiger partial charge in [0.1, 0.15) is 0 Å². The summed E-state index contributed by atoms with van der Waals surface area (Å²) in [5.41, 5.74) is 0.436. The molecule has 0 aromatic heterocycles. The Bertz CT molecular complexity index is 408. The summed E-state index contributed by atoms with van der Waals surface area (Å²) < 4.78 is 20.4. The molecule has 0 saturated carbocycles. The zero-order valence-corrected chi connectivity index (χ0v) is 11.6. The van der Waals surface area contributed by atoms with E-state index in [2.05, 4.69) is 5.32 Å². The average molecular weight is 269 g/mol. The number of amides is 1. The highest BCUT2D eigenvalue weighted by atomic mass is 16.5. The summed E-state index contributed by atoms with van der Waals surface area (Å²) in [5, 5.41) is 2.72. The third kappa shape index (κ3) is 3.75. The Labute approximate surface area is 112 Å². The zero-order chi connectivity index (χ0) is 14.3. The van der Waals surface area contributed by atoms with Crippen molar-refractivity contribution in [2.45, 2.75) is 0 Å². The third-order valence-electron chi connectivity index (χ3n) is 2.52. The van der Waals surface area contributed by atoms with Crippen LogP contribution in [0.4, 0.5) is 0 Å². The van der Waals surface area contributed by atoms with Gasteiger partial charge in [-0.05, 0) is 12.1 Å². The minimum absolute atomic E-state index is 0.226. The molecule has 0 atom stereocenters. The lowest BCUT2D eigenvalue weighted by molar-refractivity contribution is 0.0936. The number of methoxy groups -OCH3 is 4. The monoisotopic (exact) mass is 269 g/mol. The first-order valence-corrected chi connectivity index (χ1v) is 5.75. The van der Waals surface area contributed by atoms with Gasteiger partial charge in [-0.15, -0.1) is 0 Å². The van der Waals surface area contributed by atoms with Gasteiger partial charge in [-0.2, -0.15) is 0 Å². The van der Waals surface area contributed by atoms with Gasteiger partial charge in [-0.1, -0.05) is 0 Å². The zero-order valence-electron chi connectivity index (χ0n) is 11.6. The lowest BCUT2D eigenvalue weighted by Crippen LogP contribution is -2.27. The molecule has 1 N–H and O–H groups in total. The summed E-state index contributed by atoms with van der Waals surface area (Å²) in [6, 6.07) is 3.20. The summed E-state index contributed by atoms with van der Waals surface area (Å²) in [7, 11) is 6.10. The Morgan fingerprint density at radius 3 is 2.05 bits per heavy atom. The predicted molar refractivity (Wildman–Crippen MR) is 70.3 cm³/mol. The molecule has 106 valence electrons. The van der Waals surface area contributed by atoms with Crippen molar-refractivity contribution in [3.8, 4) is 17.2 Å². The number of hydrogen-bond acceptors (Lipinski definition) is 5. The van der Waals surface area contributed by atoms with Crippen molar-refractivity contribution in [3.05, 3.63) is 17.7 Å². The van der Waals surface area contributed by atoms with E-state index in [0.717, 1.165) is 0 Å². The summed E-state index contributed by atoms with van der Waals surface area (Å²) in [6.45, 7) is 0.891. The van der Waals surface area contributed by atoms with Crippen molar-refractivity contribution in [1.29, 1.82) is 0 Å². The van der Waals surface area contributed by atoms with Crippen molar-refractivity contribution >= 4 is 5.91 Å². The molecule has 1 aromatic rings. The Balaban J connectivity index is 2.98. The number of carbonyl (C=O) groups excluding carboxylic acids is 1. The fraction of sp³-hybridized carbons (Fsp3) is 0.462. The highest BCUT2D eigenvalue weighted by Gasteiger charge is 2.16. The second kappa shape index (κ2) is 7.48. The number of nitrogens with one attached hydrogen (secondary N) is 1. The maximum absolute atomic E-state index is 11.9. The Morgan fingerprint density at radius 2 is 1.63 bits per heavy atom. The van der Waals surface area contributed by atoms with E-state index in [1.165, 1.54) is 21.3 Å². The van der Waals surface area contributed by atoms with Crippen LogP contribution in [0.1, 0.15) is 10.4 Å². The van der Waals surface area contributed by atoms with Crippen molar-refractivity contribution in [1.82, 2.24) is 5.32 Å². The molecule has 19 heavy (non-hydrogen) atoms. The fourth-order valence-electron chi connectivity index (χ4n) is 1.58. The molecule has 0 radical (unpaired) electrons. The molecule has 0 saturated heterocycles. The van der Waals surface area contributed by atoms with Crippen LogP contribution in [0, 0.1) is 0 Å². The average Bonchev–Trinajstić information content (AvgIpc) is 2.45. The molecule has 0 fully saturated rings. The van der Waals surface area contributed by atoms with E-state index >= 15 is 0 Å². The third-order valence-corrected chi connectivity index (χ3v) is 2.52. The van der Waals surface area contributed by atoms with Gasteiger partial charge < -0.3 is 24.3 Å². The van der Waals surface area contributed by atoms with Crippen LogP contribution in [0.5, 0.6) is 17.2 Å². The number of ether oxygens (including phenoxy) is 4. The first-order valence-electron chi connectivity index (χ1n) is 5.75. The number of hydrogen-bond donors (Lipinski definition) is 1. The van der Waals surface area contributed by atoms with Gasteiger partial charge in [0.25, 0.3) is 5.91 Å². The maximum atomic E-state index is 11.9. The maximum Gasteiger partial charge on any atom is 0.251 e. The van der Waals surface area contributed by atoms with Crippen LogP contribution in [0.15, 0.2) is 12.1 Å². The van der Waals surface area contributed by atoms with Crippen LogP contribution in [0.25, 0.3) is 0 Å². The predicted octanol–water partition coefficient (Wildman–Crippen LogP) is 1.09. The standard InChI is InChI=1S/C13H19NO5/c1-16-6-5-14-13(15)9-7-10(17-2)12(19-4)11(8-9)18-3/h7-8H,5-6H2,1-4H3,(H,14,15). The van der Waals surface area contributed by atoms with E-state index in [9.17, 15) is 4.79 Å². The van der Waals surface area contributed by atoms with E-state index in [1.54, 1.807) is 19.2 Å². The molecule has 6 heteroatoms. The van der Waals surface area contributed by atoms with Gasteiger partial charge in [-0.3, -0.25) is 4.79 Å². The first kappa shape index (κ1) is 15.1. The fourth-order valence-corrected chi connectivity index (χ4v) is 1.58. The molecule has 0 aliphatic carbocycles. The molecule has 0 heterocycles. The molecule has 1 aromatic carbocycles. The van der Waals surface area contributed by atoms with Crippen molar-refractivity contribution in [2.24, 2.45) is 0 Å². The highest BCUT2D eigenvalue weighted by molar-refractivity contribution is 5.95. The Morgan fingerprint density at radius 1 is 1.05 bits per heavy atom. The van der Waals surface area contributed by atoms with Crippen LogP contribution >= 0.6 is 0 Å². The number of rotatable bonds is 7. The van der Waals surface area contributed by atoms with Gasteiger partial charge in [0.05, 0.1) is 27.9 Å². The van der Waals surface area contributed by atoms with Crippen LogP contribution in [0.3, 0.4) is 0 Å². The number of carbonyl (C=O) groups is 1. The van der Waals surface area contributed by atoms with Crippen molar-refractivity contribution < 1.29 is 23.7 Å². The van der Waals surface area contributed by atoms with Gasteiger partial charge >= 0.3 is 0 Å². The topological polar surface area (TPSA) is 66.0 Å². The SMILES string of the molecule is COCCNC(=O)c1cc(OC)c(OC)c(OC)c1. The van der Waals surface area contributed by atoms with E-state index in [4.69, 9.17) is 18.9 Å². The van der Waals surface area contributed by atoms with Gasteiger partial charge in [-0.25, -0.2) is 0 Å².